The Morgan fingerprint density at radius 2 is 2.05 bits per heavy atom. The SMILES string of the molecule is C=C(C)CN(C)c1c(C(=O)O)nnc2ccccc12. The number of hydrogen-bond acceptors (Lipinski definition) is 4. The number of nitrogens with zero attached hydrogens (tertiary/aromatic N) is 3. The lowest BCUT2D eigenvalue weighted by molar-refractivity contribution is 0.0690. The molecular formula is C14H15N3O2. The number of carboxylic acid groups (broad SMARTS) is 1. The summed E-state index contributed by atoms with van der Waals surface area (Å²) in [5, 5.41) is 17.8. The van der Waals surface area contributed by atoms with E-state index >= 15 is 0 Å². The zero-order chi connectivity index (χ0) is 14.0. The predicted molar refractivity (Wildman–Crippen MR) is 74.6 cm³/mol. The van der Waals surface area contributed by atoms with Gasteiger partial charge in [-0.3, -0.25) is 0 Å². The zero-order valence-electron chi connectivity index (χ0n) is 10.9. The zero-order valence-corrected chi connectivity index (χ0v) is 10.9. The van der Waals surface area contributed by atoms with Crippen molar-refractivity contribution in [3.8, 4) is 0 Å². The van der Waals surface area contributed by atoms with Crippen LogP contribution in [0, 0.1) is 0 Å². The molecule has 0 aliphatic carbocycles. The number of rotatable bonds is 4. The van der Waals surface area contributed by atoms with Crippen LogP contribution in [0.2, 0.25) is 0 Å². The first-order valence-corrected chi connectivity index (χ1v) is 5.85. The number of aromatic carboxylic acids is 1. The van der Waals surface area contributed by atoms with Gasteiger partial charge in [0.15, 0.2) is 5.69 Å². The van der Waals surface area contributed by atoms with Crippen LogP contribution >= 0.6 is 0 Å². The Hall–Kier alpha value is -2.43. The molecule has 0 fully saturated rings. The van der Waals surface area contributed by atoms with Crippen molar-refractivity contribution in [1.29, 1.82) is 0 Å². The standard InChI is InChI=1S/C14H15N3O2/c1-9(2)8-17(3)13-10-6-4-5-7-11(10)15-16-12(13)14(18)19/h4-7H,1,8H2,2-3H3,(H,18,19). The highest BCUT2D eigenvalue weighted by Crippen LogP contribution is 2.27. The van der Waals surface area contributed by atoms with Crippen molar-refractivity contribution in [2.75, 3.05) is 18.5 Å². The Morgan fingerprint density at radius 3 is 2.68 bits per heavy atom. The van der Waals surface area contributed by atoms with Gasteiger partial charge in [0.2, 0.25) is 0 Å². The average molecular weight is 257 g/mol. The second kappa shape index (κ2) is 5.06. The topological polar surface area (TPSA) is 66.3 Å². The molecule has 0 amide bonds. The van der Waals surface area contributed by atoms with Crippen LogP contribution in [0.15, 0.2) is 36.4 Å². The highest BCUT2D eigenvalue weighted by Gasteiger charge is 2.19. The van der Waals surface area contributed by atoms with E-state index in [1.807, 2.05) is 43.1 Å². The lowest BCUT2D eigenvalue weighted by Gasteiger charge is -2.22. The molecule has 98 valence electrons. The lowest BCUT2D eigenvalue weighted by atomic mass is 10.1. The molecular weight excluding hydrogens is 242 g/mol. The van der Waals surface area contributed by atoms with Crippen LogP contribution in [-0.2, 0) is 0 Å². The van der Waals surface area contributed by atoms with Crippen LogP contribution in [0.3, 0.4) is 0 Å². The van der Waals surface area contributed by atoms with Gasteiger partial charge >= 0.3 is 5.97 Å². The smallest absolute Gasteiger partial charge is 0.358 e. The Balaban J connectivity index is 2.68. The van der Waals surface area contributed by atoms with E-state index in [1.165, 1.54) is 0 Å². The number of benzene rings is 1. The van der Waals surface area contributed by atoms with Crippen molar-refractivity contribution in [2.24, 2.45) is 0 Å². The molecule has 0 aliphatic rings. The number of fused-ring (bicyclic) bond motifs is 1. The van der Waals surface area contributed by atoms with Crippen LogP contribution in [0.1, 0.15) is 17.4 Å². The Bertz CT molecular complexity index is 652. The van der Waals surface area contributed by atoms with Crippen molar-refractivity contribution in [1.82, 2.24) is 10.2 Å². The molecule has 0 aliphatic heterocycles. The second-order valence-corrected chi connectivity index (χ2v) is 4.53. The summed E-state index contributed by atoms with van der Waals surface area (Å²) < 4.78 is 0. The van der Waals surface area contributed by atoms with Crippen LogP contribution in [0.25, 0.3) is 10.9 Å². The minimum absolute atomic E-state index is 0.0394. The van der Waals surface area contributed by atoms with Gasteiger partial charge in [-0.05, 0) is 13.0 Å². The van der Waals surface area contributed by atoms with Gasteiger partial charge in [0.1, 0.15) is 0 Å². The van der Waals surface area contributed by atoms with Gasteiger partial charge in [-0.15, -0.1) is 10.2 Å². The number of likely N-dealkylation sites (N-methyl/N-ethyl adjacent to an activating group) is 1. The van der Waals surface area contributed by atoms with Crippen molar-refractivity contribution in [3.05, 3.63) is 42.1 Å². The molecule has 1 heterocycles. The molecule has 0 saturated heterocycles. The van der Waals surface area contributed by atoms with E-state index in [4.69, 9.17) is 0 Å². The third-order valence-electron chi connectivity index (χ3n) is 2.73. The molecule has 5 nitrogen and oxygen atoms in total. The summed E-state index contributed by atoms with van der Waals surface area (Å²) in [4.78, 5) is 13.1. The van der Waals surface area contributed by atoms with Crippen LogP contribution in [0.5, 0.6) is 0 Å². The van der Waals surface area contributed by atoms with E-state index in [0.29, 0.717) is 17.7 Å². The minimum atomic E-state index is -1.08. The molecule has 2 aromatic rings. The Kier molecular flexibility index (Phi) is 3.46. The van der Waals surface area contributed by atoms with Gasteiger partial charge in [0, 0.05) is 19.0 Å². The molecule has 5 heteroatoms. The van der Waals surface area contributed by atoms with Gasteiger partial charge < -0.3 is 10.0 Å². The van der Waals surface area contributed by atoms with Crippen molar-refractivity contribution in [2.45, 2.75) is 6.92 Å². The maximum absolute atomic E-state index is 11.3. The summed E-state index contributed by atoms with van der Waals surface area (Å²) in [6, 6.07) is 7.36. The van der Waals surface area contributed by atoms with Gasteiger partial charge in [-0.2, -0.15) is 0 Å². The molecule has 0 bridgehead atoms. The summed E-state index contributed by atoms with van der Waals surface area (Å²) >= 11 is 0. The third-order valence-corrected chi connectivity index (χ3v) is 2.73. The predicted octanol–water partition coefficient (Wildman–Crippen LogP) is 2.34. The van der Waals surface area contributed by atoms with E-state index < -0.39 is 5.97 Å². The fourth-order valence-corrected chi connectivity index (χ4v) is 2.05. The minimum Gasteiger partial charge on any atom is -0.476 e. The molecule has 19 heavy (non-hydrogen) atoms. The first-order valence-electron chi connectivity index (χ1n) is 5.85. The van der Waals surface area contributed by atoms with E-state index in [-0.39, 0.29) is 5.69 Å². The first-order chi connectivity index (χ1) is 9.00. The third kappa shape index (κ3) is 2.54. The van der Waals surface area contributed by atoms with Gasteiger partial charge in [-0.1, -0.05) is 30.4 Å². The fraction of sp³-hybridized carbons (Fsp3) is 0.214. The van der Waals surface area contributed by atoms with Crippen LogP contribution in [-0.4, -0.2) is 34.9 Å². The maximum atomic E-state index is 11.3. The largest absolute Gasteiger partial charge is 0.476 e. The van der Waals surface area contributed by atoms with Gasteiger partial charge in [-0.25, -0.2) is 4.79 Å². The molecule has 0 radical (unpaired) electrons. The van der Waals surface area contributed by atoms with Crippen molar-refractivity contribution < 1.29 is 9.90 Å². The number of hydrogen-bond donors (Lipinski definition) is 1. The molecule has 1 aromatic heterocycles. The van der Waals surface area contributed by atoms with E-state index in [0.717, 1.165) is 11.0 Å². The Morgan fingerprint density at radius 1 is 1.37 bits per heavy atom. The second-order valence-electron chi connectivity index (χ2n) is 4.53. The van der Waals surface area contributed by atoms with Crippen molar-refractivity contribution >= 4 is 22.6 Å². The molecule has 0 atom stereocenters. The number of carboxylic acids is 1. The summed E-state index contributed by atoms with van der Waals surface area (Å²) in [5.74, 6) is -1.08. The lowest BCUT2D eigenvalue weighted by Crippen LogP contribution is -2.23. The summed E-state index contributed by atoms with van der Waals surface area (Å²) in [6.45, 7) is 6.31. The highest BCUT2D eigenvalue weighted by molar-refractivity contribution is 6.02. The first kappa shape index (κ1) is 13.0. The van der Waals surface area contributed by atoms with Crippen molar-refractivity contribution in [3.63, 3.8) is 0 Å². The van der Waals surface area contributed by atoms with E-state index in [9.17, 15) is 9.90 Å². The molecule has 0 spiro atoms. The average Bonchev–Trinajstić information content (AvgIpc) is 2.36. The molecule has 1 aromatic carbocycles. The quantitative estimate of drug-likeness (QED) is 0.851. The maximum Gasteiger partial charge on any atom is 0.358 e. The van der Waals surface area contributed by atoms with Gasteiger partial charge in [0.25, 0.3) is 0 Å². The monoisotopic (exact) mass is 257 g/mol. The Labute approximate surface area is 111 Å². The van der Waals surface area contributed by atoms with Gasteiger partial charge in [0.05, 0.1) is 11.2 Å². The normalized spacial score (nSPS) is 10.4. The van der Waals surface area contributed by atoms with Crippen LogP contribution < -0.4 is 4.90 Å². The molecule has 0 unspecified atom stereocenters. The van der Waals surface area contributed by atoms with Crippen LogP contribution in [0.4, 0.5) is 5.69 Å². The fourth-order valence-electron chi connectivity index (χ4n) is 2.05. The molecule has 0 saturated carbocycles. The number of anilines is 1. The number of aromatic nitrogens is 2. The molecule has 1 N–H and O–H groups in total. The highest BCUT2D eigenvalue weighted by atomic mass is 16.4. The summed E-state index contributed by atoms with van der Waals surface area (Å²) in [5.41, 5.74) is 2.15. The number of carbonyl (C=O) groups is 1. The summed E-state index contributed by atoms with van der Waals surface area (Å²) in [6.07, 6.45) is 0. The van der Waals surface area contributed by atoms with E-state index in [1.54, 1.807) is 0 Å². The van der Waals surface area contributed by atoms with E-state index in [2.05, 4.69) is 16.8 Å². The molecule has 2 rings (SSSR count). The summed E-state index contributed by atoms with van der Waals surface area (Å²) in [7, 11) is 1.82.